The van der Waals surface area contributed by atoms with Gasteiger partial charge in [-0.1, -0.05) is 0 Å². The van der Waals surface area contributed by atoms with Gasteiger partial charge in [0.2, 0.25) is 0 Å². The predicted molar refractivity (Wildman–Crippen MR) is 92.1 cm³/mol. The summed E-state index contributed by atoms with van der Waals surface area (Å²) in [5.41, 5.74) is -0.454. The highest BCUT2D eigenvalue weighted by molar-refractivity contribution is 5.79. The lowest BCUT2D eigenvalue weighted by Gasteiger charge is -2.13. The van der Waals surface area contributed by atoms with Gasteiger partial charge in [-0.2, -0.15) is 0 Å². The maximum atomic E-state index is 13.4. The largest absolute Gasteiger partial charge is 0.461 e. The van der Waals surface area contributed by atoms with Crippen LogP contribution in [0, 0.1) is 11.6 Å². The molecular formula is C17H14F2N4O4. The molecule has 0 aliphatic heterocycles. The normalized spacial score (nSPS) is 10.8. The Morgan fingerprint density at radius 1 is 1.19 bits per heavy atom. The molecule has 10 heteroatoms. The van der Waals surface area contributed by atoms with Crippen LogP contribution in [0.2, 0.25) is 0 Å². The van der Waals surface area contributed by atoms with E-state index in [0.717, 1.165) is 18.2 Å². The zero-order valence-electron chi connectivity index (χ0n) is 14.1. The summed E-state index contributed by atoms with van der Waals surface area (Å²) in [5, 5.41) is 2.88. The molecule has 8 nitrogen and oxygen atoms in total. The zero-order valence-corrected chi connectivity index (χ0v) is 14.1. The number of nitrogens with zero attached hydrogens (tertiary/aromatic N) is 1. The van der Waals surface area contributed by atoms with Crippen LogP contribution in [0.4, 0.5) is 14.5 Å². The molecule has 27 heavy (non-hydrogen) atoms. The first-order chi connectivity index (χ1) is 12.8. The van der Waals surface area contributed by atoms with Crippen LogP contribution in [0.5, 0.6) is 0 Å². The van der Waals surface area contributed by atoms with E-state index in [2.05, 4.69) is 20.3 Å². The van der Waals surface area contributed by atoms with Crippen molar-refractivity contribution in [3.63, 3.8) is 0 Å². The maximum Gasteiger partial charge on any atom is 0.327 e. The second kappa shape index (κ2) is 7.36. The topological polar surface area (TPSA) is 117 Å². The number of aromatic amines is 2. The maximum absolute atomic E-state index is 13.4. The molecular weight excluding hydrogens is 362 g/mol. The minimum atomic E-state index is -0.764. The Morgan fingerprint density at radius 2 is 1.89 bits per heavy atom. The SMILES string of the molecule is CC(=O)OCc1cnc2[nH]c(=O)[nH]c(=O)c2c1CNc1cc(F)cc(F)c1. The fraction of sp³-hybridized carbons (Fsp3) is 0.176. The average Bonchev–Trinajstić information content (AvgIpc) is 2.57. The highest BCUT2D eigenvalue weighted by atomic mass is 19.1. The molecule has 3 N–H and O–H groups in total. The number of carbonyl (C=O) groups excluding carboxylic acids is 1. The number of hydrogen-bond acceptors (Lipinski definition) is 6. The fourth-order valence-electron chi connectivity index (χ4n) is 2.58. The molecule has 0 radical (unpaired) electrons. The van der Waals surface area contributed by atoms with Crippen LogP contribution in [0.15, 0.2) is 34.0 Å². The number of hydrogen-bond donors (Lipinski definition) is 3. The monoisotopic (exact) mass is 376 g/mol. The second-order valence-corrected chi connectivity index (χ2v) is 5.69. The number of ether oxygens (including phenoxy) is 1. The van der Waals surface area contributed by atoms with Crippen molar-refractivity contribution in [1.82, 2.24) is 15.0 Å². The lowest BCUT2D eigenvalue weighted by Crippen LogP contribution is -2.24. The molecule has 0 unspecified atom stereocenters. The predicted octanol–water partition coefficient (Wildman–Crippen LogP) is 1.56. The third-order valence-corrected chi connectivity index (χ3v) is 3.72. The van der Waals surface area contributed by atoms with Gasteiger partial charge in [0.1, 0.15) is 23.9 Å². The summed E-state index contributed by atoms with van der Waals surface area (Å²) in [6.07, 6.45) is 1.35. The first-order valence-corrected chi connectivity index (χ1v) is 7.80. The molecule has 0 aliphatic rings. The summed E-state index contributed by atoms with van der Waals surface area (Å²) in [7, 11) is 0. The molecule has 0 saturated heterocycles. The molecule has 1 aromatic carbocycles. The highest BCUT2D eigenvalue weighted by Gasteiger charge is 2.15. The molecule has 0 aliphatic carbocycles. The minimum absolute atomic E-state index is 0.0341. The van der Waals surface area contributed by atoms with Crippen LogP contribution in [0.3, 0.4) is 0 Å². The number of esters is 1. The van der Waals surface area contributed by atoms with Gasteiger partial charge in [-0.05, 0) is 17.7 Å². The van der Waals surface area contributed by atoms with Crippen molar-refractivity contribution in [2.24, 2.45) is 0 Å². The number of nitrogens with one attached hydrogen (secondary N) is 3. The van der Waals surface area contributed by atoms with E-state index in [9.17, 15) is 23.2 Å². The molecule has 0 atom stereocenters. The summed E-state index contributed by atoms with van der Waals surface area (Å²) in [4.78, 5) is 43.3. The molecule has 3 rings (SSSR count). The number of fused-ring (bicyclic) bond motifs is 1. The third-order valence-electron chi connectivity index (χ3n) is 3.72. The summed E-state index contributed by atoms with van der Waals surface area (Å²) >= 11 is 0. The quantitative estimate of drug-likeness (QED) is 0.582. The molecule has 0 saturated carbocycles. The van der Waals surface area contributed by atoms with E-state index in [1.807, 2.05) is 0 Å². The van der Waals surface area contributed by atoms with Gasteiger partial charge in [0.25, 0.3) is 5.56 Å². The third kappa shape index (κ3) is 4.17. The van der Waals surface area contributed by atoms with Crippen LogP contribution >= 0.6 is 0 Å². The summed E-state index contributed by atoms with van der Waals surface area (Å²) in [6.45, 7) is 1.03. The number of rotatable bonds is 5. The van der Waals surface area contributed by atoms with Crippen molar-refractivity contribution in [3.8, 4) is 0 Å². The molecule has 2 heterocycles. The Morgan fingerprint density at radius 3 is 2.56 bits per heavy atom. The summed E-state index contributed by atoms with van der Waals surface area (Å²) in [6, 6.07) is 2.91. The van der Waals surface area contributed by atoms with Gasteiger partial charge in [-0.25, -0.2) is 18.6 Å². The van der Waals surface area contributed by atoms with Gasteiger partial charge in [0, 0.05) is 37.0 Å². The lowest BCUT2D eigenvalue weighted by atomic mass is 10.1. The molecule has 0 spiro atoms. The summed E-state index contributed by atoms with van der Waals surface area (Å²) in [5.74, 6) is -2.06. The Hall–Kier alpha value is -3.56. The summed E-state index contributed by atoms with van der Waals surface area (Å²) < 4.78 is 31.7. The first kappa shape index (κ1) is 18.2. The van der Waals surface area contributed by atoms with Crippen molar-refractivity contribution < 1.29 is 18.3 Å². The van der Waals surface area contributed by atoms with Gasteiger partial charge >= 0.3 is 11.7 Å². The standard InChI is InChI=1S/C17H14F2N4O4/c1-8(24)27-7-9-5-21-15-14(16(25)23-17(26)22-15)13(9)6-20-12-3-10(18)2-11(19)4-12/h2-5,20H,6-7H2,1H3,(H2,21,22,23,25,26). The van der Waals surface area contributed by atoms with Crippen LogP contribution in [0.1, 0.15) is 18.1 Å². The van der Waals surface area contributed by atoms with Crippen molar-refractivity contribution in [2.45, 2.75) is 20.1 Å². The molecule has 3 aromatic rings. The van der Waals surface area contributed by atoms with E-state index >= 15 is 0 Å². The van der Waals surface area contributed by atoms with Crippen molar-refractivity contribution in [2.75, 3.05) is 5.32 Å². The van der Waals surface area contributed by atoms with E-state index in [1.165, 1.54) is 13.1 Å². The van der Waals surface area contributed by atoms with Crippen LogP contribution in [-0.2, 0) is 22.7 Å². The van der Waals surface area contributed by atoms with Gasteiger partial charge in [0.05, 0.1) is 5.39 Å². The van der Waals surface area contributed by atoms with Crippen molar-refractivity contribution >= 4 is 22.7 Å². The minimum Gasteiger partial charge on any atom is -0.461 e. The van der Waals surface area contributed by atoms with Crippen LogP contribution in [-0.4, -0.2) is 20.9 Å². The Kier molecular flexibility index (Phi) is 4.97. The van der Waals surface area contributed by atoms with E-state index in [1.54, 1.807) is 0 Å². The molecule has 0 fully saturated rings. The van der Waals surface area contributed by atoms with Gasteiger partial charge in [-0.3, -0.25) is 19.6 Å². The number of pyridine rings is 1. The fourth-order valence-corrected chi connectivity index (χ4v) is 2.58. The van der Waals surface area contributed by atoms with Crippen molar-refractivity contribution in [3.05, 3.63) is 68.0 Å². The van der Waals surface area contributed by atoms with E-state index in [4.69, 9.17) is 4.74 Å². The average molecular weight is 376 g/mol. The van der Waals surface area contributed by atoms with E-state index in [-0.39, 0.29) is 29.9 Å². The Balaban J connectivity index is 2.06. The van der Waals surface area contributed by atoms with Crippen LogP contribution in [0.25, 0.3) is 11.0 Å². The number of aromatic nitrogens is 3. The van der Waals surface area contributed by atoms with Gasteiger partial charge in [-0.15, -0.1) is 0 Å². The molecule has 140 valence electrons. The number of carbonyl (C=O) groups is 1. The number of H-pyrrole nitrogens is 2. The second-order valence-electron chi connectivity index (χ2n) is 5.69. The van der Waals surface area contributed by atoms with Crippen LogP contribution < -0.4 is 16.6 Å². The highest BCUT2D eigenvalue weighted by Crippen LogP contribution is 2.20. The Bertz CT molecular complexity index is 1120. The number of anilines is 1. The zero-order chi connectivity index (χ0) is 19.6. The van der Waals surface area contributed by atoms with Gasteiger partial charge < -0.3 is 10.1 Å². The number of halogens is 2. The number of benzene rings is 1. The Labute approximate surface area is 150 Å². The smallest absolute Gasteiger partial charge is 0.327 e. The molecule has 2 aromatic heterocycles. The van der Waals surface area contributed by atoms with Gasteiger partial charge in [0.15, 0.2) is 0 Å². The molecule has 0 bridgehead atoms. The molecule has 0 amide bonds. The van der Waals surface area contributed by atoms with E-state index in [0.29, 0.717) is 11.1 Å². The first-order valence-electron chi connectivity index (χ1n) is 7.80. The lowest BCUT2D eigenvalue weighted by molar-refractivity contribution is -0.142. The van der Waals surface area contributed by atoms with E-state index < -0.39 is 28.9 Å². The van der Waals surface area contributed by atoms with Crippen molar-refractivity contribution in [1.29, 1.82) is 0 Å².